The maximum atomic E-state index is 14.7. The molecule has 0 unspecified atom stereocenters. The van der Waals surface area contributed by atoms with E-state index >= 15 is 0 Å². The molecule has 1 amide bonds. The molecule has 3 heterocycles. The molecule has 1 N–H and O–H groups in total. The number of alkyl halides is 3. The van der Waals surface area contributed by atoms with Crippen molar-refractivity contribution in [3.63, 3.8) is 0 Å². The van der Waals surface area contributed by atoms with Crippen LogP contribution >= 0.6 is 11.3 Å². The molecule has 6 nitrogen and oxygen atoms in total. The number of fused-ring (bicyclic) bond motifs is 1. The van der Waals surface area contributed by atoms with Crippen LogP contribution in [-0.4, -0.2) is 40.0 Å². The highest BCUT2D eigenvalue weighted by Crippen LogP contribution is 2.33. The van der Waals surface area contributed by atoms with Gasteiger partial charge in [-0.3, -0.25) is 10.1 Å². The number of ether oxygens (including phenoxy) is 1. The van der Waals surface area contributed by atoms with Gasteiger partial charge in [-0.25, -0.2) is 18.2 Å². The van der Waals surface area contributed by atoms with Gasteiger partial charge in [0.2, 0.25) is 0 Å². The van der Waals surface area contributed by atoms with Crippen molar-refractivity contribution in [3.05, 3.63) is 36.2 Å². The van der Waals surface area contributed by atoms with E-state index in [2.05, 4.69) is 20.5 Å². The van der Waals surface area contributed by atoms with Crippen molar-refractivity contribution < 1.29 is 22.7 Å². The molecule has 0 radical (unpaired) electrons. The van der Waals surface area contributed by atoms with Gasteiger partial charge in [-0.2, -0.15) is 5.10 Å². The Kier molecular flexibility index (Phi) is 4.98. The van der Waals surface area contributed by atoms with Gasteiger partial charge in [-0.1, -0.05) is 17.4 Å². The third kappa shape index (κ3) is 3.69. The summed E-state index contributed by atoms with van der Waals surface area (Å²) in [5.74, 6) is -0.730. The second kappa shape index (κ2) is 7.44. The number of benzene rings is 1. The maximum absolute atomic E-state index is 14.7. The zero-order chi connectivity index (χ0) is 19.7. The van der Waals surface area contributed by atoms with E-state index in [9.17, 15) is 18.0 Å². The predicted octanol–water partition coefficient (Wildman–Crippen LogP) is 4.15. The van der Waals surface area contributed by atoms with Crippen molar-refractivity contribution in [1.82, 2.24) is 15.2 Å². The summed E-state index contributed by atoms with van der Waals surface area (Å²) in [4.78, 5) is 17.1. The molecular weight excluding hydrogens is 393 g/mol. The molecule has 1 aliphatic rings. The summed E-state index contributed by atoms with van der Waals surface area (Å²) < 4.78 is 45.4. The van der Waals surface area contributed by atoms with Crippen LogP contribution in [0, 0.1) is 0 Å². The molecule has 1 fully saturated rings. The normalized spacial score (nSPS) is 16.4. The van der Waals surface area contributed by atoms with Gasteiger partial charge in [-0.05, 0) is 23.8 Å². The van der Waals surface area contributed by atoms with Gasteiger partial charge in [0.15, 0.2) is 10.8 Å². The van der Waals surface area contributed by atoms with E-state index in [-0.39, 0.29) is 31.2 Å². The summed E-state index contributed by atoms with van der Waals surface area (Å²) >= 11 is 1.17. The fraction of sp³-hybridized carbons (Fsp3) is 0.333. The van der Waals surface area contributed by atoms with Crippen LogP contribution in [0.2, 0.25) is 0 Å². The Labute approximate surface area is 161 Å². The molecule has 3 aromatic rings. The zero-order valence-electron chi connectivity index (χ0n) is 14.5. The highest BCUT2D eigenvalue weighted by atomic mass is 32.1. The van der Waals surface area contributed by atoms with Gasteiger partial charge < -0.3 is 4.74 Å². The Balaban J connectivity index is 1.56. The van der Waals surface area contributed by atoms with Gasteiger partial charge in [-0.15, -0.1) is 5.10 Å². The summed E-state index contributed by atoms with van der Waals surface area (Å²) in [5.41, 5.74) is -1.14. The minimum atomic E-state index is -2.70. The highest BCUT2D eigenvalue weighted by Gasteiger charge is 2.40. The van der Waals surface area contributed by atoms with E-state index in [4.69, 9.17) is 4.74 Å². The summed E-state index contributed by atoms with van der Waals surface area (Å²) in [6.07, 6.45) is -1.15. The Bertz CT molecular complexity index is 1020. The maximum Gasteiger partial charge on any atom is 0.282 e. The number of carbonyl (C=O) groups is 1. The number of halogens is 3. The summed E-state index contributed by atoms with van der Waals surface area (Å²) in [6, 6.07) is 6.42. The van der Waals surface area contributed by atoms with Crippen molar-refractivity contribution in [3.8, 4) is 10.4 Å². The minimum absolute atomic E-state index is 0.00917. The Morgan fingerprint density at radius 1 is 1.21 bits per heavy atom. The van der Waals surface area contributed by atoms with Gasteiger partial charge in [0, 0.05) is 24.4 Å². The largest absolute Gasteiger partial charge is 0.381 e. The average Bonchev–Trinajstić information content (AvgIpc) is 3.16. The molecule has 4 rings (SSSR count). The van der Waals surface area contributed by atoms with Crippen molar-refractivity contribution in [2.75, 3.05) is 18.5 Å². The zero-order valence-corrected chi connectivity index (χ0v) is 15.3. The number of carbonyl (C=O) groups excluding carboxylic acids is 1. The van der Waals surface area contributed by atoms with Crippen LogP contribution in [0.15, 0.2) is 30.5 Å². The predicted molar refractivity (Wildman–Crippen MR) is 98.1 cm³/mol. The first kappa shape index (κ1) is 18.8. The first-order valence-electron chi connectivity index (χ1n) is 8.54. The fourth-order valence-corrected chi connectivity index (χ4v) is 3.73. The molecular formula is C18H15F3N4O2S. The summed E-state index contributed by atoms with van der Waals surface area (Å²) in [6.45, 7) is 0.404. The first-order valence-corrected chi connectivity index (χ1v) is 9.36. The van der Waals surface area contributed by atoms with Crippen molar-refractivity contribution in [2.45, 2.75) is 24.9 Å². The van der Waals surface area contributed by atoms with Crippen LogP contribution in [0.4, 0.5) is 18.3 Å². The number of rotatable bonds is 4. The van der Waals surface area contributed by atoms with Crippen molar-refractivity contribution in [1.29, 1.82) is 0 Å². The molecule has 0 bridgehead atoms. The van der Waals surface area contributed by atoms with Crippen LogP contribution in [0.5, 0.6) is 0 Å². The van der Waals surface area contributed by atoms with Gasteiger partial charge in [0.25, 0.3) is 12.3 Å². The average molecular weight is 408 g/mol. The Hall–Kier alpha value is -2.59. The number of aromatic nitrogens is 3. The first-order chi connectivity index (χ1) is 13.4. The molecule has 146 valence electrons. The number of thiazole rings is 1. The lowest BCUT2D eigenvalue weighted by molar-refractivity contribution is -0.133. The third-order valence-electron chi connectivity index (χ3n) is 4.53. The standard InChI is InChI=1S/C18H15F3N4O2S/c19-15(20)13-8-11-7-10(1-2-12(11)24-25-13)14-9-22-17(28-14)23-16(26)18(21)3-5-27-6-4-18/h1-2,7-9,15H,3-6H2,(H,22,23,26). The van der Waals surface area contributed by atoms with E-state index in [1.165, 1.54) is 17.4 Å². The van der Waals surface area contributed by atoms with Crippen LogP contribution in [0.25, 0.3) is 21.3 Å². The molecule has 0 saturated carbocycles. The van der Waals surface area contributed by atoms with Gasteiger partial charge >= 0.3 is 0 Å². The summed E-state index contributed by atoms with van der Waals surface area (Å²) in [5, 5.41) is 10.6. The second-order valence-electron chi connectivity index (χ2n) is 6.40. The molecule has 0 aliphatic carbocycles. The second-order valence-corrected chi connectivity index (χ2v) is 7.44. The minimum Gasteiger partial charge on any atom is -0.381 e. The molecule has 0 spiro atoms. The highest BCUT2D eigenvalue weighted by molar-refractivity contribution is 7.19. The quantitative estimate of drug-likeness (QED) is 0.702. The molecule has 10 heteroatoms. The number of hydrogen-bond donors (Lipinski definition) is 1. The summed E-state index contributed by atoms with van der Waals surface area (Å²) in [7, 11) is 0. The molecule has 2 aromatic heterocycles. The van der Waals surface area contributed by atoms with E-state index in [1.807, 2.05) is 0 Å². The molecule has 0 atom stereocenters. The smallest absolute Gasteiger partial charge is 0.282 e. The fourth-order valence-electron chi connectivity index (χ4n) is 2.92. The lowest BCUT2D eigenvalue weighted by Crippen LogP contribution is -2.43. The molecule has 28 heavy (non-hydrogen) atoms. The van der Waals surface area contributed by atoms with Crippen molar-refractivity contribution >= 4 is 33.3 Å². The SMILES string of the molecule is O=C(Nc1ncc(-c2ccc3nnc(C(F)F)cc3c2)s1)C1(F)CCOCC1. The molecule has 1 aliphatic heterocycles. The van der Waals surface area contributed by atoms with Crippen LogP contribution in [0.1, 0.15) is 25.0 Å². The van der Waals surface area contributed by atoms with E-state index in [1.54, 1.807) is 24.4 Å². The lowest BCUT2D eigenvalue weighted by Gasteiger charge is -2.27. The van der Waals surface area contributed by atoms with E-state index in [0.29, 0.717) is 15.8 Å². The number of hydrogen-bond acceptors (Lipinski definition) is 6. The lowest BCUT2D eigenvalue weighted by atomic mass is 9.96. The van der Waals surface area contributed by atoms with Crippen LogP contribution in [0.3, 0.4) is 0 Å². The van der Waals surface area contributed by atoms with Gasteiger partial charge in [0.05, 0.1) is 23.6 Å². The monoisotopic (exact) mass is 408 g/mol. The third-order valence-corrected chi connectivity index (χ3v) is 5.49. The topological polar surface area (TPSA) is 77.0 Å². The number of amides is 1. The van der Waals surface area contributed by atoms with E-state index in [0.717, 1.165) is 5.56 Å². The Morgan fingerprint density at radius 3 is 2.75 bits per heavy atom. The number of nitrogens with one attached hydrogen (secondary N) is 1. The van der Waals surface area contributed by atoms with Crippen LogP contribution < -0.4 is 5.32 Å². The molecule has 1 saturated heterocycles. The number of nitrogens with zero attached hydrogens (tertiary/aromatic N) is 3. The number of anilines is 1. The van der Waals surface area contributed by atoms with Gasteiger partial charge in [0.1, 0.15) is 5.69 Å². The molecule has 1 aromatic carbocycles. The Morgan fingerprint density at radius 2 is 2.00 bits per heavy atom. The van der Waals surface area contributed by atoms with Crippen molar-refractivity contribution in [2.24, 2.45) is 0 Å². The van der Waals surface area contributed by atoms with Crippen LogP contribution in [-0.2, 0) is 9.53 Å². The van der Waals surface area contributed by atoms with E-state index < -0.39 is 23.7 Å².